The van der Waals surface area contributed by atoms with Gasteiger partial charge in [0.1, 0.15) is 0 Å². The fourth-order valence-electron chi connectivity index (χ4n) is 1.63. The van der Waals surface area contributed by atoms with Crippen LogP contribution in [0.3, 0.4) is 0 Å². The van der Waals surface area contributed by atoms with Gasteiger partial charge in [-0.1, -0.05) is 6.07 Å². The Bertz CT molecular complexity index is 528. The molecule has 2 aromatic rings. The Morgan fingerprint density at radius 2 is 2.22 bits per heavy atom. The number of halogens is 1. The Balaban J connectivity index is 2.18. The third-order valence-corrected chi connectivity index (χ3v) is 6.09. The summed E-state index contributed by atoms with van der Waals surface area (Å²) in [5.41, 5.74) is 1.11. The van der Waals surface area contributed by atoms with Crippen LogP contribution in [-0.2, 0) is 0 Å². The zero-order valence-electron chi connectivity index (χ0n) is 10.4. The standard InChI is InChI=1S/C13H14BrNOS2/c1-8-7-11(18-12(8)14)13(16)15(3)9(2)10-5-4-6-17-10/h4-7,9H,1-3H3. The van der Waals surface area contributed by atoms with Crippen molar-refractivity contribution in [3.05, 3.63) is 42.7 Å². The predicted molar refractivity (Wildman–Crippen MR) is 81.6 cm³/mol. The number of carbonyl (C=O) groups is 1. The highest BCUT2D eigenvalue weighted by atomic mass is 79.9. The molecule has 5 heteroatoms. The van der Waals surface area contributed by atoms with Crippen molar-refractivity contribution in [2.45, 2.75) is 19.9 Å². The maximum absolute atomic E-state index is 12.4. The molecular formula is C13H14BrNOS2. The Morgan fingerprint density at radius 1 is 1.50 bits per heavy atom. The van der Waals surface area contributed by atoms with Crippen LogP contribution in [0.25, 0.3) is 0 Å². The van der Waals surface area contributed by atoms with E-state index in [-0.39, 0.29) is 11.9 Å². The van der Waals surface area contributed by atoms with Crippen molar-refractivity contribution < 1.29 is 4.79 Å². The molecule has 0 fully saturated rings. The van der Waals surface area contributed by atoms with Crippen LogP contribution in [0.5, 0.6) is 0 Å². The van der Waals surface area contributed by atoms with Crippen LogP contribution in [0.2, 0.25) is 0 Å². The molecule has 2 aromatic heterocycles. The van der Waals surface area contributed by atoms with Gasteiger partial charge in [0.25, 0.3) is 5.91 Å². The molecule has 0 aromatic carbocycles. The van der Waals surface area contributed by atoms with E-state index >= 15 is 0 Å². The SMILES string of the molecule is Cc1cc(C(=O)N(C)C(C)c2cccs2)sc1Br. The maximum Gasteiger partial charge on any atom is 0.264 e. The van der Waals surface area contributed by atoms with E-state index < -0.39 is 0 Å². The first-order chi connectivity index (χ1) is 8.50. The molecule has 0 aliphatic carbocycles. The molecule has 0 aliphatic rings. The van der Waals surface area contributed by atoms with Gasteiger partial charge < -0.3 is 4.90 Å². The minimum atomic E-state index is 0.0784. The molecule has 1 unspecified atom stereocenters. The van der Waals surface area contributed by atoms with Gasteiger partial charge >= 0.3 is 0 Å². The Morgan fingerprint density at radius 3 is 2.72 bits per heavy atom. The second-order valence-electron chi connectivity index (χ2n) is 4.17. The molecule has 1 amide bonds. The summed E-state index contributed by atoms with van der Waals surface area (Å²) in [6, 6.07) is 6.13. The second kappa shape index (κ2) is 5.55. The molecule has 2 rings (SSSR count). The van der Waals surface area contributed by atoms with Gasteiger partial charge in [0, 0.05) is 11.9 Å². The van der Waals surface area contributed by atoms with Crippen molar-refractivity contribution in [1.29, 1.82) is 0 Å². The van der Waals surface area contributed by atoms with Gasteiger partial charge in [-0.2, -0.15) is 0 Å². The minimum absolute atomic E-state index is 0.0784. The summed E-state index contributed by atoms with van der Waals surface area (Å²) >= 11 is 6.63. The average molecular weight is 344 g/mol. The summed E-state index contributed by atoms with van der Waals surface area (Å²) in [5, 5.41) is 2.04. The zero-order valence-corrected chi connectivity index (χ0v) is 13.7. The van der Waals surface area contributed by atoms with Gasteiger partial charge in [-0.25, -0.2) is 0 Å². The highest BCUT2D eigenvalue weighted by Crippen LogP contribution is 2.30. The van der Waals surface area contributed by atoms with Crippen LogP contribution >= 0.6 is 38.6 Å². The van der Waals surface area contributed by atoms with Gasteiger partial charge in [0.15, 0.2) is 0 Å². The second-order valence-corrected chi connectivity index (χ2v) is 7.52. The lowest BCUT2D eigenvalue weighted by Crippen LogP contribution is -2.28. The third-order valence-electron chi connectivity index (χ3n) is 2.92. The number of hydrogen-bond donors (Lipinski definition) is 0. The molecule has 18 heavy (non-hydrogen) atoms. The highest BCUT2D eigenvalue weighted by molar-refractivity contribution is 9.11. The lowest BCUT2D eigenvalue weighted by Gasteiger charge is -2.23. The number of thiophene rings is 2. The van der Waals surface area contributed by atoms with Crippen molar-refractivity contribution in [3.8, 4) is 0 Å². The summed E-state index contributed by atoms with van der Waals surface area (Å²) in [7, 11) is 1.86. The van der Waals surface area contributed by atoms with Crippen molar-refractivity contribution >= 4 is 44.5 Å². The van der Waals surface area contributed by atoms with Gasteiger partial charge in [0.05, 0.1) is 14.7 Å². The molecule has 0 radical (unpaired) electrons. The summed E-state index contributed by atoms with van der Waals surface area (Å²) in [4.78, 5) is 16.2. The third kappa shape index (κ3) is 2.68. The van der Waals surface area contributed by atoms with E-state index in [1.807, 2.05) is 31.5 Å². The summed E-state index contributed by atoms with van der Waals surface area (Å²) in [6.45, 7) is 4.05. The molecule has 2 heterocycles. The van der Waals surface area contributed by atoms with E-state index in [1.165, 1.54) is 16.2 Å². The molecule has 0 saturated heterocycles. The number of amides is 1. The van der Waals surface area contributed by atoms with Crippen molar-refractivity contribution in [1.82, 2.24) is 4.90 Å². The minimum Gasteiger partial charge on any atom is -0.333 e. The summed E-state index contributed by atoms with van der Waals surface area (Å²) in [5.74, 6) is 0.0784. The number of rotatable bonds is 3. The van der Waals surface area contributed by atoms with Crippen molar-refractivity contribution in [3.63, 3.8) is 0 Å². The maximum atomic E-state index is 12.4. The summed E-state index contributed by atoms with van der Waals surface area (Å²) < 4.78 is 1.03. The molecule has 0 saturated carbocycles. The van der Waals surface area contributed by atoms with Gasteiger partial charge in [-0.3, -0.25) is 4.79 Å². The van der Waals surface area contributed by atoms with Gasteiger partial charge in [0.2, 0.25) is 0 Å². The molecule has 1 atom stereocenters. The molecule has 0 spiro atoms. The molecule has 0 N–H and O–H groups in total. The molecule has 0 bridgehead atoms. The molecular weight excluding hydrogens is 330 g/mol. The van der Waals surface area contributed by atoms with E-state index in [9.17, 15) is 4.79 Å². The molecule has 0 aliphatic heterocycles. The predicted octanol–water partition coefficient (Wildman–Crippen LogP) is 4.71. The Kier molecular flexibility index (Phi) is 4.25. The monoisotopic (exact) mass is 343 g/mol. The number of aryl methyl sites for hydroxylation is 1. The van der Waals surface area contributed by atoms with E-state index in [1.54, 1.807) is 16.2 Å². The zero-order chi connectivity index (χ0) is 13.3. The Hall–Kier alpha value is -0.650. The highest BCUT2D eigenvalue weighted by Gasteiger charge is 2.21. The lowest BCUT2D eigenvalue weighted by atomic mass is 10.2. The van der Waals surface area contributed by atoms with Crippen LogP contribution in [0.4, 0.5) is 0 Å². The number of hydrogen-bond acceptors (Lipinski definition) is 3. The Labute approximate surface area is 123 Å². The first-order valence-electron chi connectivity index (χ1n) is 5.57. The molecule has 2 nitrogen and oxygen atoms in total. The normalized spacial score (nSPS) is 12.4. The average Bonchev–Trinajstić information content (AvgIpc) is 2.97. The van der Waals surface area contributed by atoms with E-state index in [2.05, 4.69) is 28.9 Å². The van der Waals surface area contributed by atoms with Gasteiger partial charge in [-0.05, 0) is 52.9 Å². The number of carbonyl (C=O) groups excluding carboxylic acids is 1. The topological polar surface area (TPSA) is 20.3 Å². The van der Waals surface area contributed by atoms with Crippen LogP contribution < -0.4 is 0 Å². The largest absolute Gasteiger partial charge is 0.333 e. The fourth-order valence-corrected chi connectivity index (χ4v) is 3.98. The van der Waals surface area contributed by atoms with Crippen LogP contribution in [0.1, 0.15) is 33.1 Å². The van der Waals surface area contributed by atoms with E-state index in [0.717, 1.165) is 14.2 Å². The first kappa shape index (κ1) is 13.8. The fraction of sp³-hybridized carbons (Fsp3) is 0.308. The van der Waals surface area contributed by atoms with E-state index in [4.69, 9.17) is 0 Å². The first-order valence-corrected chi connectivity index (χ1v) is 8.06. The van der Waals surface area contributed by atoms with Gasteiger partial charge in [-0.15, -0.1) is 22.7 Å². The quantitative estimate of drug-likeness (QED) is 0.789. The number of nitrogens with zero attached hydrogens (tertiary/aromatic N) is 1. The van der Waals surface area contributed by atoms with Crippen LogP contribution in [0.15, 0.2) is 27.4 Å². The summed E-state index contributed by atoms with van der Waals surface area (Å²) in [6.07, 6.45) is 0. The van der Waals surface area contributed by atoms with Crippen LogP contribution in [-0.4, -0.2) is 17.9 Å². The van der Waals surface area contributed by atoms with Crippen molar-refractivity contribution in [2.24, 2.45) is 0 Å². The van der Waals surface area contributed by atoms with Crippen molar-refractivity contribution in [2.75, 3.05) is 7.05 Å². The molecule has 96 valence electrons. The van der Waals surface area contributed by atoms with E-state index in [0.29, 0.717) is 0 Å². The van der Waals surface area contributed by atoms with Crippen LogP contribution in [0, 0.1) is 6.92 Å². The smallest absolute Gasteiger partial charge is 0.264 e. The lowest BCUT2D eigenvalue weighted by molar-refractivity contribution is 0.0750.